The van der Waals surface area contributed by atoms with Gasteiger partial charge in [-0.25, -0.2) is 4.79 Å². The quantitative estimate of drug-likeness (QED) is 0.850. The van der Waals surface area contributed by atoms with Gasteiger partial charge in [0.25, 0.3) is 5.91 Å². The Hall–Kier alpha value is -2.09. The van der Waals surface area contributed by atoms with Gasteiger partial charge in [0.1, 0.15) is 5.69 Å². The number of amides is 3. The lowest BCUT2D eigenvalue weighted by Crippen LogP contribution is -2.62. The normalized spacial score (nSPS) is 23.4. The number of aromatic nitrogens is 2. The van der Waals surface area contributed by atoms with Crippen molar-refractivity contribution in [1.82, 2.24) is 25.3 Å². The predicted octanol–water partition coefficient (Wildman–Crippen LogP) is 0.679. The minimum Gasteiger partial charge on any atom is -0.369 e. The zero-order valence-corrected chi connectivity index (χ0v) is 14.6. The fourth-order valence-corrected chi connectivity index (χ4v) is 3.42. The van der Waals surface area contributed by atoms with Crippen molar-refractivity contribution in [2.45, 2.75) is 52.0 Å². The van der Waals surface area contributed by atoms with Gasteiger partial charge in [0, 0.05) is 38.7 Å². The summed E-state index contributed by atoms with van der Waals surface area (Å²) >= 11 is 0. The van der Waals surface area contributed by atoms with Crippen LogP contribution in [0.2, 0.25) is 0 Å². The molecule has 0 spiro atoms. The second-order valence-electron chi connectivity index (χ2n) is 6.45. The van der Waals surface area contributed by atoms with Crippen molar-refractivity contribution in [3.05, 3.63) is 17.0 Å². The number of nitrogens with zero attached hydrogens (tertiary/aromatic N) is 3. The molecule has 0 radical (unpaired) electrons. The van der Waals surface area contributed by atoms with Gasteiger partial charge in [-0.15, -0.1) is 0 Å². The number of rotatable bonds is 3. The summed E-state index contributed by atoms with van der Waals surface area (Å²) in [4.78, 5) is 25.9. The highest BCUT2D eigenvalue weighted by molar-refractivity contribution is 5.95. The molecule has 8 nitrogen and oxygen atoms in total. The van der Waals surface area contributed by atoms with E-state index in [1.54, 1.807) is 16.6 Å². The number of hydrogen-bond donors (Lipinski definition) is 2. The average molecular weight is 335 g/mol. The lowest BCUT2D eigenvalue weighted by molar-refractivity contribution is -0.00713. The summed E-state index contributed by atoms with van der Waals surface area (Å²) in [5.41, 5.74) is 2.48. The van der Waals surface area contributed by atoms with E-state index in [0.717, 1.165) is 11.3 Å². The number of carbonyl (C=O) groups excluding carboxylic acids is 2. The Morgan fingerprint density at radius 2 is 2.04 bits per heavy atom. The van der Waals surface area contributed by atoms with Crippen molar-refractivity contribution in [1.29, 1.82) is 0 Å². The molecule has 1 saturated heterocycles. The fraction of sp³-hybridized carbons (Fsp3) is 0.688. The summed E-state index contributed by atoms with van der Waals surface area (Å²) in [7, 11) is 1.60. The van der Waals surface area contributed by atoms with Gasteiger partial charge in [0.05, 0.1) is 23.9 Å². The molecular weight excluding hydrogens is 310 g/mol. The lowest BCUT2D eigenvalue weighted by atomic mass is 9.99. The molecule has 0 unspecified atom stereocenters. The van der Waals surface area contributed by atoms with Crippen molar-refractivity contribution < 1.29 is 14.3 Å². The van der Waals surface area contributed by atoms with Crippen molar-refractivity contribution >= 4 is 11.9 Å². The largest absolute Gasteiger partial charge is 0.369 e. The Balaban J connectivity index is 1.75. The van der Waals surface area contributed by atoms with Crippen LogP contribution in [-0.2, 0) is 17.7 Å². The van der Waals surface area contributed by atoms with E-state index in [2.05, 4.69) is 15.7 Å². The molecule has 1 aromatic rings. The average Bonchev–Trinajstić information content (AvgIpc) is 2.88. The SMILES string of the molecule is CCn1nc2c(c1C(=O)NC1CN(C(=O)NC)C1)C[C@H](C)O[C@@H]2C. The zero-order chi connectivity index (χ0) is 17.4. The third-order valence-corrected chi connectivity index (χ3v) is 4.63. The molecule has 0 aromatic carbocycles. The summed E-state index contributed by atoms with van der Waals surface area (Å²) in [6.45, 7) is 7.65. The summed E-state index contributed by atoms with van der Waals surface area (Å²) < 4.78 is 7.57. The summed E-state index contributed by atoms with van der Waals surface area (Å²) in [6.07, 6.45) is 0.661. The van der Waals surface area contributed by atoms with Crippen molar-refractivity contribution in [2.75, 3.05) is 20.1 Å². The smallest absolute Gasteiger partial charge is 0.317 e. The zero-order valence-electron chi connectivity index (χ0n) is 14.6. The number of hydrogen-bond acceptors (Lipinski definition) is 4. The molecular formula is C16H25N5O3. The van der Waals surface area contributed by atoms with Crippen LogP contribution in [-0.4, -0.2) is 58.9 Å². The molecule has 24 heavy (non-hydrogen) atoms. The van der Waals surface area contributed by atoms with E-state index in [9.17, 15) is 9.59 Å². The molecule has 1 aromatic heterocycles. The molecule has 0 saturated carbocycles. The number of ether oxygens (including phenoxy) is 1. The van der Waals surface area contributed by atoms with E-state index in [4.69, 9.17) is 4.74 Å². The molecule has 1 fully saturated rings. The van der Waals surface area contributed by atoms with Gasteiger partial charge in [-0.3, -0.25) is 9.48 Å². The third kappa shape index (κ3) is 2.86. The maximum absolute atomic E-state index is 12.8. The Morgan fingerprint density at radius 3 is 2.67 bits per heavy atom. The first-order valence-electron chi connectivity index (χ1n) is 8.47. The summed E-state index contributed by atoms with van der Waals surface area (Å²) in [5.74, 6) is -0.117. The van der Waals surface area contributed by atoms with E-state index in [1.807, 2.05) is 20.8 Å². The van der Waals surface area contributed by atoms with Crippen LogP contribution in [0.25, 0.3) is 0 Å². The topological polar surface area (TPSA) is 88.5 Å². The maximum atomic E-state index is 12.8. The molecule has 2 aliphatic heterocycles. The van der Waals surface area contributed by atoms with E-state index < -0.39 is 0 Å². The van der Waals surface area contributed by atoms with Crippen molar-refractivity contribution in [3.63, 3.8) is 0 Å². The number of carbonyl (C=O) groups is 2. The maximum Gasteiger partial charge on any atom is 0.317 e. The summed E-state index contributed by atoms with van der Waals surface area (Å²) in [6, 6.07) is -0.128. The molecule has 8 heteroatoms. The van der Waals surface area contributed by atoms with Crippen LogP contribution in [0, 0.1) is 0 Å². The number of nitrogens with one attached hydrogen (secondary N) is 2. The number of aryl methyl sites for hydroxylation is 1. The third-order valence-electron chi connectivity index (χ3n) is 4.63. The first-order chi connectivity index (χ1) is 11.4. The first kappa shape index (κ1) is 16.8. The molecule has 3 amide bonds. The molecule has 3 rings (SSSR count). The Kier molecular flexibility index (Phi) is 4.49. The molecule has 3 heterocycles. The van der Waals surface area contributed by atoms with E-state index in [-0.39, 0.29) is 30.2 Å². The standard InChI is InChI=1S/C16H25N5O3/c1-5-21-14(12-6-9(2)24-10(3)13(12)19-21)15(22)18-11-7-20(8-11)16(23)17-4/h9-11H,5-8H2,1-4H3,(H,17,23)(H,18,22)/t9-,10+/m0/s1. The van der Waals surface area contributed by atoms with Gasteiger partial charge in [0.15, 0.2) is 0 Å². The number of fused-ring (bicyclic) bond motifs is 1. The van der Waals surface area contributed by atoms with Gasteiger partial charge in [-0.05, 0) is 20.8 Å². The second kappa shape index (κ2) is 6.43. The first-order valence-corrected chi connectivity index (χ1v) is 8.47. The highest BCUT2D eigenvalue weighted by atomic mass is 16.5. The van der Waals surface area contributed by atoms with Crippen LogP contribution in [0.3, 0.4) is 0 Å². The molecule has 132 valence electrons. The van der Waals surface area contributed by atoms with E-state index in [0.29, 0.717) is 31.7 Å². The molecule has 0 aliphatic carbocycles. The lowest BCUT2D eigenvalue weighted by Gasteiger charge is -2.39. The van der Waals surface area contributed by atoms with Crippen LogP contribution in [0.1, 0.15) is 48.6 Å². The van der Waals surface area contributed by atoms with Gasteiger partial charge in [-0.2, -0.15) is 5.10 Å². The Bertz CT molecular complexity index is 650. The molecule has 2 aliphatic rings. The van der Waals surface area contributed by atoms with Crippen molar-refractivity contribution in [3.8, 4) is 0 Å². The molecule has 2 N–H and O–H groups in total. The minimum atomic E-state index is -0.117. The fourth-order valence-electron chi connectivity index (χ4n) is 3.42. The van der Waals surface area contributed by atoms with Gasteiger partial charge < -0.3 is 20.3 Å². The van der Waals surface area contributed by atoms with Crippen molar-refractivity contribution in [2.24, 2.45) is 0 Å². The van der Waals surface area contributed by atoms with Crippen LogP contribution >= 0.6 is 0 Å². The van der Waals surface area contributed by atoms with Gasteiger partial charge in [-0.1, -0.05) is 0 Å². The molecule has 2 atom stereocenters. The van der Waals surface area contributed by atoms with E-state index in [1.165, 1.54) is 0 Å². The van der Waals surface area contributed by atoms with Crippen LogP contribution in [0.4, 0.5) is 4.79 Å². The number of likely N-dealkylation sites (tertiary alicyclic amines) is 1. The highest BCUT2D eigenvalue weighted by Gasteiger charge is 2.35. The van der Waals surface area contributed by atoms with Crippen LogP contribution in [0.15, 0.2) is 0 Å². The number of urea groups is 1. The van der Waals surface area contributed by atoms with E-state index >= 15 is 0 Å². The summed E-state index contributed by atoms with van der Waals surface area (Å²) in [5, 5.41) is 10.2. The van der Waals surface area contributed by atoms with Gasteiger partial charge >= 0.3 is 6.03 Å². The Labute approximate surface area is 141 Å². The van der Waals surface area contributed by atoms with Gasteiger partial charge in [0.2, 0.25) is 0 Å². The predicted molar refractivity (Wildman–Crippen MR) is 87.8 cm³/mol. The Morgan fingerprint density at radius 1 is 1.33 bits per heavy atom. The van der Waals surface area contributed by atoms with Crippen LogP contribution in [0.5, 0.6) is 0 Å². The monoisotopic (exact) mass is 335 g/mol. The van der Waals surface area contributed by atoms with Crippen LogP contribution < -0.4 is 10.6 Å². The highest BCUT2D eigenvalue weighted by Crippen LogP contribution is 2.31. The second-order valence-corrected chi connectivity index (χ2v) is 6.45. The molecule has 0 bridgehead atoms. The minimum absolute atomic E-state index is 0.0136.